The molecule has 1 atom stereocenters. The Kier molecular flexibility index (Phi) is 3.87. The molecule has 1 unspecified atom stereocenters. The molecule has 0 aliphatic carbocycles. The van der Waals surface area contributed by atoms with E-state index in [4.69, 9.17) is 0 Å². The fraction of sp³-hybridized carbons (Fsp3) is 0.714. The molecule has 15 heavy (non-hydrogen) atoms. The fourth-order valence-corrected chi connectivity index (χ4v) is 3.92. The predicted molar refractivity (Wildman–Crippen MR) is 53.0 cm³/mol. The maximum absolute atomic E-state index is 11.2. The van der Waals surface area contributed by atoms with Crippen molar-refractivity contribution in [2.45, 2.75) is 18.9 Å². The molecule has 8 heteroatoms. The molecule has 1 saturated heterocycles. The van der Waals surface area contributed by atoms with Gasteiger partial charge in [-0.2, -0.15) is 16.8 Å². The van der Waals surface area contributed by atoms with E-state index in [1.165, 1.54) is 0 Å². The molecule has 0 amide bonds. The van der Waals surface area contributed by atoms with Gasteiger partial charge in [0.1, 0.15) is 6.10 Å². The number of allylic oxidation sites excluding steroid dienone is 1. The molecule has 1 rings (SSSR count). The lowest BCUT2D eigenvalue weighted by atomic mass is 10.2. The van der Waals surface area contributed by atoms with Gasteiger partial charge in [0, 0.05) is 0 Å². The van der Waals surface area contributed by atoms with Crippen LogP contribution in [-0.2, 0) is 28.6 Å². The van der Waals surface area contributed by atoms with Gasteiger partial charge in [-0.3, -0.25) is 8.37 Å². The van der Waals surface area contributed by atoms with Gasteiger partial charge in [-0.1, -0.05) is 6.08 Å². The molecule has 0 radical (unpaired) electrons. The van der Waals surface area contributed by atoms with Crippen molar-refractivity contribution < 1.29 is 25.2 Å². The lowest BCUT2D eigenvalue weighted by Gasteiger charge is -2.10. The van der Waals surface area contributed by atoms with Gasteiger partial charge in [0.05, 0.1) is 6.61 Å². The summed E-state index contributed by atoms with van der Waals surface area (Å²) >= 11 is 0. The highest BCUT2D eigenvalue weighted by molar-refractivity contribution is 8.03. The Hall–Kier alpha value is -0.440. The molecule has 0 aromatic heterocycles. The van der Waals surface area contributed by atoms with Gasteiger partial charge in [0.25, 0.3) is 20.2 Å². The topological polar surface area (TPSA) is 86.7 Å². The van der Waals surface area contributed by atoms with Crippen LogP contribution in [0.3, 0.4) is 0 Å². The summed E-state index contributed by atoms with van der Waals surface area (Å²) in [5.41, 5.74) is 0. The number of rotatable bonds is 3. The minimum Gasteiger partial charge on any atom is -0.266 e. The van der Waals surface area contributed by atoms with Gasteiger partial charge in [-0.05, 0) is 12.8 Å². The average molecular weight is 256 g/mol. The van der Waals surface area contributed by atoms with Crippen LogP contribution in [0.2, 0.25) is 0 Å². The molecular formula is C7H12O6S2. The predicted octanol–water partition coefficient (Wildman–Crippen LogP) is -0.0149. The van der Waals surface area contributed by atoms with Crippen molar-refractivity contribution in [1.82, 2.24) is 0 Å². The zero-order valence-electron chi connectivity index (χ0n) is 7.96. The Labute approximate surface area is 89.1 Å². The van der Waals surface area contributed by atoms with Gasteiger partial charge < -0.3 is 0 Å². The van der Waals surface area contributed by atoms with E-state index in [1.54, 1.807) is 6.08 Å². The quantitative estimate of drug-likeness (QED) is 0.521. The van der Waals surface area contributed by atoms with Crippen molar-refractivity contribution in [1.29, 1.82) is 0 Å². The summed E-state index contributed by atoms with van der Waals surface area (Å²) in [6.07, 6.45) is 1.72. The normalized spacial score (nSPS) is 29.2. The first-order valence-corrected chi connectivity index (χ1v) is 7.39. The van der Waals surface area contributed by atoms with Crippen molar-refractivity contribution in [2.24, 2.45) is 0 Å². The third-order valence-corrected chi connectivity index (χ3v) is 5.07. The SMILES string of the molecule is C=CCCC1COS(=O)(=O)CS(=O)(=O)O1. The Morgan fingerprint density at radius 3 is 2.53 bits per heavy atom. The first kappa shape index (κ1) is 12.6. The molecule has 0 spiro atoms. The van der Waals surface area contributed by atoms with Crippen LogP contribution in [0.4, 0.5) is 0 Å². The first-order chi connectivity index (χ1) is 6.85. The lowest BCUT2D eigenvalue weighted by Crippen LogP contribution is -2.20. The maximum Gasteiger partial charge on any atom is 0.284 e. The van der Waals surface area contributed by atoms with Crippen LogP contribution in [0.5, 0.6) is 0 Å². The summed E-state index contributed by atoms with van der Waals surface area (Å²) in [5, 5.41) is -1.12. The van der Waals surface area contributed by atoms with Crippen LogP contribution >= 0.6 is 0 Å². The molecule has 6 nitrogen and oxygen atoms in total. The van der Waals surface area contributed by atoms with Gasteiger partial charge >= 0.3 is 0 Å². The van der Waals surface area contributed by atoms with Crippen molar-refractivity contribution in [3.05, 3.63) is 12.7 Å². The highest BCUT2D eigenvalue weighted by Gasteiger charge is 2.32. The molecule has 0 N–H and O–H groups in total. The third-order valence-electron chi connectivity index (χ3n) is 1.70. The Morgan fingerprint density at radius 1 is 1.27 bits per heavy atom. The Morgan fingerprint density at radius 2 is 1.93 bits per heavy atom. The van der Waals surface area contributed by atoms with Gasteiger partial charge in [-0.15, -0.1) is 6.58 Å². The minimum absolute atomic E-state index is 0.268. The average Bonchev–Trinajstić information content (AvgIpc) is 2.17. The van der Waals surface area contributed by atoms with Crippen LogP contribution in [0.1, 0.15) is 12.8 Å². The van der Waals surface area contributed by atoms with Crippen LogP contribution in [0.15, 0.2) is 12.7 Å². The molecule has 0 aromatic rings. The van der Waals surface area contributed by atoms with E-state index in [1.807, 2.05) is 0 Å². The lowest BCUT2D eigenvalue weighted by molar-refractivity contribution is 0.139. The van der Waals surface area contributed by atoms with Crippen LogP contribution in [-0.4, -0.2) is 34.6 Å². The molecular weight excluding hydrogens is 244 g/mol. The van der Waals surface area contributed by atoms with E-state index in [0.717, 1.165) is 0 Å². The van der Waals surface area contributed by atoms with Crippen molar-refractivity contribution in [2.75, 3.05) is 11.7 Å². The van der Waals surface area contributed by atoms with E-state index >= 15 is 0 Å². The molecule has 1 aliphatic rings. The molecule has 88 valence electrons. The van der Waals surface area contributed by atoms with Crippen molar-refractivity contribution in [3.63, 3.8) is 0 Å². The van der Waals surface area contributed by atoms with Gasteiger partial charge in [-0.25, -0.2) is 0 Å². The monoisotopic (exact) mass is 256 g/mol. The molecule has 0 bridgehead atoms. The minimum atomic E-state index is -4.05. The van der Waals surface area contributed by atoms with Crippen molar-refractivity contribution >= 4 is 20.2 Å². The number of hydrogen-bond acceptors (Lipinski definition) is 6. The second-order valence-corrected chi connectivity index (χ2v) is 6.70. The summed E-state index contributed by atoms with van der Waals surface area (Å²) in [4.78, 5) is 0. The second kappa shape index (κ2) is 4.60. The molecule has 1 aliphatic heterocycles. The van der Waals surface area contributed by atoms with Gasteiger partial charge in [0.15, 0.2) is 0 Å². The fourth-order valence-electron chi connectivity index (χ4n) is 1.09. The van der Waals surface area contributed by atoms with E-state index in [9.17, 15) is 16.8 Å². The molecule has 1 heterocycles. The third kappa shape index (κ3) is 4.29. The summed E-state index contributed by atoms with van der Waals surface area (Å²) in [6.45, 7) is 3.20. The summed E-state index contributed by atoms with van der Waals surface area (Å²) in [7, 11) is -8.08. The summed E-state index contributed by atoms with van der Waals surface area (Å²) in [5.74, 6) is 0. The smallest absolute Gasteiger partial charge is 0.266 e. The maximum atomic E-state index is 11.2. The highest BCUT2D eigenvalue weighted by Crippen LogP contribution is 2.16. The number of hydrogen-bond donors (Lipinski definition) is 0. The van der Waals surface area contributed by atoms with Crippen LogP contribution < -0.4 is 0 Å². The Balaban J connectivity index is 2.78. The van der Waals surface area contributed by atoms with Gasteiger partial charge in [0.2, 0.25) is 5.08 Å². The van der Waals surface area contributed by atoms with Crippen LogP contribution in [0.25, 0.3) is 0 Å². The zero-order valence-corrected chi connectivity index (χ0v) is 9.59. The molecule has 0 aromatic carbocycles. The molecule has 0 saturated carbocycles. The second-order valence-electron chi connectivity index (χ2n) is 3.10. The summed E-state index contributed by atoms with van der Waals surface area (Å²) in [6, 6.07) is 0. The molecule has 1 fully saturated rings. The van der Waals surface area contributed by atoms with Crippen LogP contribution in [0, 0.1) is 0 Å². The largest absolute Gasteiger partial charge is 0.284 e. The van der Waals surface area contributed by atoms with E-state index in [2.05, 4.69) is 14.9 Å². The summed E-state index contributed by atoms with van der Waals surface area (Å²) < 4.78 is 53.4. The van der Waals surface area contributed by atoms with E-state index < -0.39 is 31.4 Å². The standard InChI is InChI=1S/C7H12O6S2/c1-2-3-4-7-5-12-14(8,9)6-15(10,11)13-7/h2,7H,1,3-6H2. The zero-order chi connectivity index (χ0) is 11.5. The highest BCUT2D eigenvalue weighted by atomic mass is 32.3. The Bertz CT molecular complexity index is 420. The first-order valence-electron chi connectivity index (χ1n) is 4.23. The van der Waals surface area contributed by atoms with Crippen molar-refractivity contribution in [3.8, 4) is 0 Å². The van der Waals surface area contributed by atoms with E-state index in [-0.39, 0.29) is 6.61 Å². The van der Waals surface area contributed by atoms with E-state index in [0.29, 0.717) is 12.8 Å².